The van der Waals surface area contributed by atoms with Crippen LogP contribution in [-0.4, -0.2) is 64.1 Å². The van der Waals surface area contributed by atoms with Gasteiger partial charge in [0.1, 0.15) is 5.54 Å². The van der Waals surface area contributed by atoms with Crippen molar-refractivity contribution in [1.82, 2.24) is 9.80 Å². The Bertz CT molecular complexity index is 450. The van der Waals surface area contributed by atoms with E-state index in [2.05, 4.69) is 0 Å². The van der Waals surface area contributed by atoms with Gasteiger partial charge in [-0.25, -0.2) is 4.79 Å². The summed E-state index contributed by atoms with van der Waals surface area (Å²) in [6.45, 7) is 0.106. The van der Waals surface area contributed by atoms with Crippen molar-refractivity contribution in [1.29, 1.82) is 0 Å². The number of hydrogen-bond acceptors (Lipinski definition) is 5. The molecule has 1 unspecified atom stereocenters. The number of likely N-dealkylation sites (tertiary alicyclic amines) is 1. The molecule has 0 aromatic carbocycles. The minimum absolute atomic E-state index is 0. The van der Waals surface area contributed by atoms with E-state index < -0.39 is 29.1 Å². The number of carbonyl (C=O) groups excluding carboxylic acids is 3. The molecule has 2 amide bonds. The van der Waals surface area contributed by atoms with Crippen LogP contribution in [0, 0.1) is 0 Å². The zero-order valence-corrected chi connectivity index (χ0v) is 11.2. The number of aliphatic carboxylic acids is 1. The van der Waals surface area contributed by atoms with Gasteiger partial charge < -0.3 is 10.0 Å². The molecule has 19 heavy (non-hydrogen) atoms. The van der Waals surface area contributed by atoms with Crippen molar-refractivity contribution < 1.29 is 24.3 Å². The van der Waals surface area contributed by atoms with Crippen LogP contribution < -0.4 is 0 Å². The molecule has 0 bridgehead atoms. The van der Waals surface area contributed by atoms with Crippen LogP contribution in [-0.2, 0) is 19.2 Å². The van der Waals surface area contributed by atoms with Crippen LogP contribution in [0.3, 0.4) is 0 Å². The molecule has 0 spiro atoms. The normalized spacial score (nSPS) is 20.4. The van der Waals surface area contributed by atoms with Gasteiger partial charge in [-0.2, -0.15) is 9.90 Å². The lowest BCUT2D eigenvalue weighted by Crippen LogP contribution is -2.75. The van der Waals surface area contributed by atoms with Crippen LogP contribution in [0.5, 0.6) is 0 Å². The molecule has 106 valence electrons. The van der Waals surface area contributed by atoms with E-state index in [-0.39, 0.29) is 30.4 Å². The van der Waals surface area contributed by atoms with Gasteiger partial charge in [0.15, 0.2) is 0 Å². The summed E-state index contributed by atoms with van der Waals surface area (Å²) in [7, 11) is 1.67. The van der Waals surface area contributed by atoms with Gasteiger partial charge in [-0.3, -0.25) is 19.3 Å². The first-order valence-electron chi connectivity index (χ1n) is 4.91. The number of carboxylic acid groups (broad SMARTS) is 1. The van der Waals surface area contributed by atoms with Crippen molar-refractivity contribution in [3.8, 4) is 0 Å². The number of carbonyl (C=O) groups is 4. The highest BCUT2D eigenvalue weighted by Crippen LogP contribution is 2.30. The summed E-state index contributed by atoms with van der Waals surface area (Å²) in [4.78, 5) is 47.9. The fourth-order valence-corrected chi connectivity index (χ4v) is 2.25. The van der Waals surface area contributed by atoms with Gasteiger partial charge in [-0.1, -0.05) is 7.43 Å². The van der Waals surface area contributed by atoms with Gasteiger partial charge >= 0.3 is 5.97 Å². The predicted molar refractivity (Wildman–Crippen MR) is 71.7 cm³/mol. The SMILES string of the molecule is C.CN1CC(C(=O)C(=O)O)(N2C(=O)C=CC2=O)C1.P. The molecule has 2 rings (SSSR count). The van der Waals surface area contributed by atoms with Gasteiger partial charge in [0.05, 0.1) is 0 Å². The third kappa shape index (κ3) is 2.43. The molecule has 0 radical (unpaired) electrons. The van der Waals surface area contributed by atoms with E-state index >= 15 is 0 Å². The number of Topliss-reactive ketones (excluding diaryl/α,β-unsaturated/α-hetero) is 1. The van der Waals surface area contributed by atoms with Crippen LogP contribution in [0.25, 0.3) is 0 Å². The van der Waals surface area contributed by atoms with E-state index in [0.717, 1.165) is 17.1 Å². The lowest BCUT2D eigenvalue weighted by Gasteiger charge is -2.50. The van der Waals surface area contributed by atoms with E-state index in [0.29, 0.717) is 0 Å². The molecule has 0 aromatic rings. The maximum absolute atomic E-state index is 11.7. The molecule has 2 aliphatic heterocycles. The third-order valence-corrected chi connectivity index (χ3v) is 2.92. The summed E-state index contributed by atoms with van der Waals surface area (Å²) < 4.78 is 0. The van der Waals surface area contributed by atoms with Crippen molar-refractivity contribution in [2.24, 2.45) is 0 Å². The predicted octanol–water partition coefficient (Wildman–Crippen LogP) is -1.06. The third-order valence-electron chi connectivity index (χ3n) is 2.92. The standard InChI is InChI=1S/C10H10N2O5.CH4.H3P/c1-11-4-10(5-11,8(15)9(16)17)12-6(13)2-3-7(12)14;;/h2-3H,4-5H2,1H3,(H,16,17);1H4;1H3. The molecule has 8 heteroatoms. The topological polar surface area (TPSA) is 95.0 Å². The summed E-state index contributed by atoms with van der Waals surface area (Å²) in [6, 6.07) is 0. The lowest BCUT2D eigenvalue weighted by atomic mass is 9.83. The maximum Gasteiger partial charge on any atom is 0.374 e. The zero-order valence-electron chi connectivity index (χ0n) is 9.75. The van der Waals surface area contributed by atoms with Crippen molar-refractivity contribution in [3.05, 3.63) is 12.2 Å². The van der Waals surface area contributed by atoms with Gasteiger partial charge in [-0.05, 0) is 7.05 Å². The fourth-order valence-electron chi connectivity index (χ4n) is 2.25. The Morgan fingerprint density at radius 1 is 1.21 bits per heavy atom. The average Bonchev–Trinajstić information content (AvgIpc) is 2.53. The van der Waals surface area contributed by atoms with E-state index in [9.17, 15) is 19.2 Å². The Morgan fingerprint density at radius 3 is 1.95 bits per heavy atom. The highest BCUT2D eigenvalue weighted by atomic mass is 31.0. The first kappa shape index (κ1) is 17.4. The largest absolute Gasteiger partial charge is 0.475 e. The summed E-state index contributed by atoms with van der Waals surface area (Å²) in [6.07, 6.45) is 2.08. The minimum atomic E-state index is -1.63. The van der Waals surface area contributed by atoms with Crippen LogP contribution in [0.2, 0.25) is 0 Å². The molecule has 1 N–H and O–H groups in total. The minimum Gasteiger partial charge on any atom is -0.475 e. The number of nitrogens with zero attached hydrogens (tertiary/aromatic N) is 2. The van der Waals surface area contributed by atoms with Crippen LogP contribution >= 0.6 is 9.90 Å². The fraction of sp³-hybridized carbons (Fsp3) is 0.455. The molecule has 2 aliphatic rings. The average molecular weight is 288 g/mol. The van der Waals surface area contributed by atoms with Crippen molar-refractivity contribution in [2.75, 3.05) is 20.1 Å². The molecule has 0 aliphatic carbocycles. The summed E-state index contributed by atoms with van der Waals surface area (Å²) in [5.41, 5.74) is -1.54. The quantitative estimate of drug-likeness (QED) is 0.404. The summed E-state index contributed by atoms with van der Waals surface area (Å²) >= 11 is 0. The Hall–Kier alpha value is -1.59. The molecular weight excluding hydrogens is 271 g/mol. The molecule has 1 saturated heterocycles. The van der Waals surface area contributed by atoms with Gasteiger partial charge in [-0.15, -0.1) is 0 Å². The Labute approximate surface area is 113 Å². The van der Waals surface area contributed by atoms with Crippen LogP contribution in [0.1, 0.15) is 7.43 Å². The number of likely N-dealkylation sites (N-methyl/N-ethyl adjacent to an activating group) is 1. The number of rotatable bonds is 3. The monoisotopic (exact) mass is 288 g/mol. The highest BCUT2D eigenvalue weighted by molar-refractivity contribution is 6.92. The number of ketones is 1. The molecule has 1 atom stereocenters. The van der Waals surface area contributed by atoms with Crippen molar-refractivity contribution in [3.63, 3.8) is 0 Å². The highest BCUT2D eigenvalue weighted by Gasteiger charge is 2.58. The number of carboxylic acids is 1. The second kappa shape index (κ2) is 5.59. The van der Waals surface area contributed by atoms with E-state index in [4.69, 9.17) is 5.11 Å². The number of hydrogen-bond donors (Lipinski definition) is 1. The smallest absolute Gasteiger partial charge is 0.374 e. The Balaban J connectivity index is 0.00000162. The van der Waals surface area contributed by atoms with E-state index in [1.807, 2.05) is 0 Å². The van der Waals surface area contributed by atoms with E-state index in [1.165, 1.54) is 0 Å². The first-order valence-corrected chi connectivity index (χ1v) is 4.91. The Kier molecular flexibility index (Phi) is 5.12. The second-order valence-corrected chi connectivity index (χ2v) is 4.18. The molecule has 0 saturated carbocycles. The molecule has 7 nitrogen and oxygen atoms in total. The first-order chi connectivity index (χ1) is 7.88. The second-order valence-electron chi connectivity index (χ2n) is 4.18. The Morgan fingerprint density at radius 2 is 1.63 bits per heavy atom. The van der Waals surface area contributed by atoms with Gasteiger partial charge in [0.25, 0.3) is 17.6 Å². The lowest BCUT2D eigenvalue weighted by molar-refractivity contribution is -0.168. The van der Waals surface area contributed by atoms with E-state index in [1.54, 1.807) is 11.9 Å². The summed E-state index contributed by atoms with van der Waals surface area (Å²) in [5, 5.41) is 8.76. The molecule has 2 heterocycles. The van der Waals surface area contributed by atoms with Gasteiger partial charge in [0.2, 0.25) is 0 Å². The summed E-state index contributed by atoms with van der Waals surface area (Å²) in [5.74, 6) is -4.04. The number of imide groups is 1. The van der Waals surface area contributed by atoms with Gasteiger partial charge in [0, 0.05) is 25.2 Å². The maximum atomic E-state index is 11.7. The van der Waals surface area contributed by atoms with Crippen molar-refractivity contribution >= 4 is 33.5 Å². The molecular formula is C11H17N2O5P. The van der Waals surface area contributed by atoms with Crippen molar-refractivity contribution in [2.45, 2.75) is 13.0 Å². The number of amides is 2. The molecule has 0 aromatic heterocycles. The van der Waals surface area contributed by atoms with Crippen LogP contribution in [0.4, 0.5) is 0 Å². The molecule has 1 fully saturated rings. The zero-order chi connectivity index (χ0) is 12.8. The van der Waals surface area contributed by atoms with Crippen LogP contribution in [0.15, 0.2) is 12.2 Å².